The lowest BCUT2D eigenvalue weighted by molar-refractivity contribution is -0.117. The van der Waals surface area contributed by atoms with Crippen molar-refractivity contribution in [3.63, 3.8) is 0 Å². The van der Waals surface area contributed by atoms with Gasteiger partial charge in [-0.3, -0.25) is 9.69 Å². The third-order valence-electron chi connectivity index (χ3n) is 6.28. The predicted octanol–water partition coefficient (Wildman–Crippen LogP) is 3.28. The second-order valence-electron chi connectivity index (χ2n) is 8.80. The molecule has 176 valence electrons. The van der Waals surface area contributed by atoms with Crippen molar-refractivity contribution in [1.82, 2.24) is 20.2 Å². The molecule has 3 heterocycles. The summed E-state index contributed by atoms with van der Waals surface area (Å²) in [5.74, 6) is 0.999. The molecule has 1 amide bonds. The van der Waals surface area contributed by atoms with Crippen molar-refractivity contribution in [1.29, 1.82) is 0 Å². The van der Waals surface area contributed by atoms with Gasteiger partial charge in [-0.2, -0.15) is 4.98 Å². The SMILES string of the molecule is C=CC(=O)N[C@@H]1CCN(c2nc(Nc3ccc(N4CCN(C(C)C)CC4)cc3)ncc2Cl)C1. The molecule has 0 aliphatic carbocycles. The normalized spacial score (nSPS) is 19.1. The first-order chi connectivity index (χ1) is 15.9. The van der Waals surface area contributed by atoms with E-state index in [1.807, 2.05) is 0 Å². The van der Waals surface area contributed by atoms with Gasteiger partial charge in [0.2, 0.25) is 11.9 Å². The minimum absolute atomic E-state index is 0.0490. The fourth-order valence-electron chi connectivity index (χ4n) is 4.35. The summed E-state index contributed by atoms with van der Waals surface area (Å²) >= 11 is 6.39. The Morgan fingerprint density at radius 1 is 1.15 bits per heavy atom. The van der Waals surface area contributed by atoms with Crippen molar-refractivity contribution in [3.05, 3.63) is 48.1 Å². The van der Waals surface area contributed by atoms with Crippen LogP contribution in [0.3, 0.4) is 0 Å². The van der Waals surface area contributed by atoms with Gasteiger partial charge in [0, 0.05) is 62.7 Å². The van der Waals surface area contributed by atoms with Crippen LogP contribution in [-0.2, 0) is 4.79 Å². The van der Waals surface area contributed by atoms with E-state index in [0.29, 0.717) is 29.4 Å². The first kappa shape index (κ1) is 23.3. The van der Waals surface area contributed by atoms with Crippen molar-refractivity contribution in [2.24, 2.45) is 0 Å². The number of carbonyl (C=O) groups excluding carboxylic acids is 1. The molecule has 2 aliphatic heterocycles. The number of piperazine rings is 1. The monoisotopic (exact) mass is 469 g/mol. The minimum Gasteiger partial charge on any atom is -0.369 e. The number of carbonyl (C=O) groups is 1. The maximum atomic E-state index is 11.6. The first-order valence-corrected chi connectivity index (χ1v) is 11.9. The van der Waals surface area contributed by atoms with E-state index in [0.717, 1.165) is 44.8 Å². The third kappa shape index (κ3) is 5.75. The van der Waals surface area contributed by atoms with Crippen LogP contribution < -0.4 is 20.4 Å². The molecular formula is C24H32ClN7O. The van der Waals surface area contributed by atoms with Crippen LogP contribution in [0.15, 0.2) is 43.1 Å². The number of rotatable bonds is 7. The van der Waals surface area contributed by atoms with E-state index in [4.69, 9.17) is 11.6 Å². The second kappa shape index (κ2) is 10.4. The van der Waals surface area contributed by atoms with Crippen molar-refractivity contribution in [3.8, 4) is 0 Å². The van der Waals surface area contributed by atoms with Gasteiger partial charge < -0.3 is 20.4 Å². The molecule has 2 aliphatic rings. The van der Waals surface area contributed by atoms with Gasteiger partial charge in [-0.15, -0.1) is 0 Å². The summed E-state index contributed by atoms with van der Waals surface area (Å²) in [6.07, 6.45) is 3.74. The molecule has 4 rings (SSSR count). The van der Waals surface area contributed by atoms with Gasteiger partial charge in [0.15, 0.2) is 5.82 Å². The summed E-state index contributed by atoms with van der Waals surface area (Å²) in [7, 11) is 0. The molecule has 8 nitrogen and oxygen atoms in total. The quantitative estimate of drug-likeness (QED) is 0.602. The van der Waals surface area contributed by atoms with Gasteiger partial charge in [0.05, 0.1) is 6.20 Å². The fraction of sp³-hybridized carbons (Fsp3) is 0.458. The lowest BCUT2D eigenvalue weighted by atomic mass is 10.2. The van der Waals surface area contributed by atoms with E-state index in [-0.39, 0.29) is 11.9 Å². The minimum atomic E-state index is -0.164. The molecule has 33 heavy (non-hydrogen) atoms. The van der Waals surface area contributed by atoms with E-state index >= 15 is 0 Å². The number of nitrogens with one attached hydrogen (secondary N) is 2. The van der Waals surface area contributed by atoms with Crippen LogP contribution in [0.5, 0.6) is 0 Å². The molecule has 0 bridgehead atoms. The number of hydrogen-bond donors (Lipinski definition) is 2. The van der Waals surface area contributed by atoms with Crippen LogP contribution in [-0.4, -0.2) is 72.1 Å². The summed E-state index contributed by atoms with van der Waals surface area (Å²) in [5.41, 5.74) is 2.15. The van der Waals surface area contributed by atoms with Crippen LogP contribution in [0.4, 0.5) is 23.1 Å². The maximum Gasteiger partial charge on any atom is 0.243 e. The van der Waals surface area contributed by atoms with Crippen LogP contribution in [0.1, 0.15) is 20.3 Å². The Morgan fingerprint density at radius 3 is 2.55 bits per heavy atom. The van der Waals surface area contributed by atoms with Gasteiger partial charge in [-0.1, -0.05) is 18.2 Å². The summed E-state index contributed by atoms with van der Waals surface area (Å²) in [4.78, 5) is 27.6. The molecule has 1 atom stereocenters. The average Bonchev–Trinajstić information content (AvgIpc) is 3.29. The molecular weight excluding hydrogens is 438 g/mol. The Labute approximate surface area is 200 Å². The van der Waals surface area contributed by atoms with E-state index in [1.165, 1.54) is 11.8 Å². The first-order valence-electron chi connectivity index (χ1n) is 11.5. The Morgan fingerprint density at radius 2 is 1.88 bits per heavy atom. The molecule has 1 aromatic heterocycles. The predicted molar refractivity (Wildman–Crippen MR) is 135 cm³/mol. The van der Waals surface area contributed by atoms with E-state index in [9.17, 15) is 4.79 Å². The number of aromatic nitrogens is 2. The second-order valence-corrected chi connectivity index (χ2v) is 9.21. The van der Waals surface area contributed by atoms with Crippen LogP contribution in [0.2, 0.25) is 5.02 Å². The summed E-state index contributed by atoms with van der Waals surface area (Å²) < 4.78 is 0. The van der Waals surface area contributed by atoms with Crippen molar-refractivity contribution in [2.45, 2.75) is 32.4 Å². The molecule has 0 unspecified atom stereocenters. The van der Waals surface area contributed by atoms with Crippen molar-refractivity contribution >= 4 is 40.6 Å². The Balaban J connectivity index is 1.38. The van der Waals surface area contributed by atoms with Crippen LogP contribution >= 0.6 is 11.6 Å². The standard InChI is InChI=1S/C24H32ClN7O/c1-4-22(33)27-19-9-10-32(16-19)23-21(25)15-26-24(29-23)28-18-5-7-20(8-6-18)31-13-11-30(12-14-31)17(2)3/h4-8,15,17,19H,1,9-14,16H2,2-3H3,(H,27,33)(H,26,28,29)/t19-/m1/s1. The highest BCUT2D eigenvalue weighted by atomic mass is 35.5. The zero-order valence-electron chi connectivity index (χ0n) is 19.3. The zero-order valence-corrected chi connectivity index (χ0v) is 20.1. The Bertz CT molecular complexity index is 973. The molecule has 0 saturated carbocycles. The van der Waals surface area contributed by atoms with Crippen molar-refractivity contribution < 1.29 is 4.79 Å². The van der Waals surface area contributed by atoms with Crippen LogP contribution in [0.25, 0.3) is 0 Å². The van der Waals surface area contributed by atoms with E-state index in [1.54, 1.807) is 6.20 Å². The number of amides is 1. The summed E-state index contributed by atoms with van der Waals surface area (Å²) in [6, 6.07) is 9.03. The maximum absolute atomic E-state index is 11.6. The largest absolute Gasteiger partial charge is 0.369 e. The van der Waals surface area contributed by atoms with Crippen molar-refractivity contribution in [2.75, 3.05) is 54.4 Å². The van der Waals surface area contributed by atoms with Crippen LogP contribution in [0, 0.1) is 0 Å². The molecule has 2 N–H and O–H groups in total. The highest BCUT2D eigenvalue weighted by Gasteiger charge is 2.26. The lowest BCUT2D eigenvalue weighted by Crippen LogP contribution is -2.48. The zero-order chi connectivity index (χ0) is 23.4. The highest BCUT2D eigenvalue weighted by Crippen LogP contribution is 2.28. The molecule has 2 aromatic rings. The molecule has 2 saturated heterocycles. The topological polar surface area (TPSA) is 76.6 Å². The van der Waals surface area contributed by atoms with E-state index < -0.39 is 0 Å². The summed E-state index contributed by atoms with van der Waals surface area (Å²) in [6.45, 7) is 13.7. The molecule has 2 fully saturated rings. The van der Waals surface area contributed by atoms with Gasteiger partial charge >= 0.3 is 0 Å². The van der Waals surface area contributed by atoms with Gasteiger partial charge in [-0.05, 0) is 50.6 Å². The summed E-state index contributed by atoms with van der Waals surface area (Å²) in [5, 5.41) is 6.71. The number of nitrogens with zero attached hydrogens (tertiary/aromatic N) is 5. The molecule has 0 spiro atoms. The third-order valence-corrected chi connectivity index (χ3v) is 6.54. The number of anilines is 4. The van der Waals surface area contributed by atoms with Gasteiger partial charge in [0.1, 0.15) is 5.02 Å². The fourth-order valence-corrected chi connectivity index (χ4v) is 4.56. The molecule has 0 radical (unpaired) electrons. The Hall–Kier alpha value is -2.84. The molecule has 9 heteroatoms. The smallest absolute Gasteiger partial charge is 0.243 e. The van der Waals surface area contributed by atoms with E-state index in [2.05, 4.69) is 80.0 Å². The average molecular weight is 470 g/mol. The number of benzene rings is 1. The lowest BCUT2D eigenvalue weighted by Gasteiger charge is -2.38. The van der Waals surface area contributed by atoms with Gasteiger partial charge in [-0.25, -0.2) is 4.98 Å². The van der Waals surface area contributed by atoms with Gasteiger partial charge in [0.25, 0.3) is 0 Å². The highest BCUT2D eigenvalue weighted by molar-refractivity contribution is 6.32. The molecule has 1 aromatic carbocycles. The Kier molecular flexibility index (Phi) is 7.35. The number of hydrogen-bond acceptors (Lipinski definition) is 7. The number of halogens is 1.